The molecule has 1 aromatic rings. The Morgan fingerprint density at radius 3 is 3.19 bits per heavy atom. The molecule has 1 heterocycles. The molecular weight excluding hydrogens is 220 g/mol. The third-order valence-corrected chi connectivity index (χ3v) is 3.20. The average Bonchev–Trinajstić information content (AvgIpc) is 2.43. The first-order valence-electron chi connectivity index (χ1n) is 5.91. The van der Waals surface area contributed by atoms with E-state index in [1.165, 1.54) is 12.1 Å². The van der Waals surface area contributed by atoms with Crippen LogP contribution in [0.25, 0.3) is 0 Å². The number of hydrogen-bond acceptors (Lipinski definition) is 2. The van der Waals surface area contributed by atoms with Gasteiger partial charge in [-0.3, -0.25) is 4.90 Å². The fraction of sp³-hybridized carbons (Fsp3) is 0.538. The highest BCUT2D eigenvalue weighted by Gasteiger charge is 2.14. The lowest BCUT2D eigenvalue weighted by molar-refractivity contribution is 0.257. The second kappa shape index (κ2) is 5.67. The Morgan fingerprint density at radius 1 is 1.50 bits per heavy atom. The van der Waals surface area contributed by atoms with Crippen molar-refractivity contribution in [3.05, 3.63) is 34.9 Å². The minimum atomic E-state index is 0.724. The second-order valence-corrected chi connectivity index (χ2v) is 5.11. The van der Waals surface area contributed by atoms with Crippen LogP contribution in [0.2, 0.25) is 5.02 Å². The van der Waals surface area contributed by atoms with E-state index < -0.39 is 0 Å². The summed E-state index contributed by atoms with van der Waals surface area (Å²) < 4.78 is 0. The Labute approximate surface area is 103 Å². The summed E-state index contributed by atoms with van der Waals surface area (Å²) in [6.45, 7) is 7.81. The summed E-state index contributed by atoms with van der Waals surface area (Å²) in [6.07, 6.45) is 0. The van der Waals surface area contributed by atoms with Gasteiger partial charge in [0.05, 0.1) is 0 Å². The Kier molecular flexibility index (Phi) is 4.22. The van der Waals surface area contributed by atoms with Crippen LogP contribution >= 0.6 is 11.6 Å². The van der Waals surface area contributed by atoms with E-state index in [1.54, 1.807) is 0 Å². The predicted octanol–water partition coefficient (Wildman–Crippen LogP) is 2.38. The van der Waals surface area contributed by atoms with Crippen LogP contribution in [-0.2, 0) is 6.54 Å². The SMILES string of the molecule is CC1CNCCN(Cc2cccc(Cl)c2)C1. The number of hydrogen-bond donors (Lipinski definition) is 1. The van der Waals surface area contributed by atoms with E-state index in [2.05, 4.69) is 29.3 Å². The number of benzene rings is 1. The van der Waals surface area contributed by atoms with E-state index >= 15 is 0 Å². The Hall–Kier alpha value is -0.570. The minimum absolute atomic E-state index is 0.724. The molecular formula is C13H19ClN2. The van der Waals surface area contributed by atoms with Gasteiger partial charge in [0.2, 0.25) is 0 Å². The van der Waals surface area contributed by atoms with Gasteiger partial charge < -0.3 is 5.32 Å². The third kappa shape index (κ3) is 3.48. The smallest absolute Gasteiger partial charge is 0.0409 e. The van der Waals surface area contributed by atoms with Crippen molar-refractivity contribution < 1.29 is 0 Å². The Balaban J connectivity index is 1.97. The summed E-state index contributed by atoms with van der Waals surface area (Å²) in [6, 6.07) is 8.16. The van der Waals surface area contributed by atoms with E-state index in [9.17, 15) is 0 Å². The molecule has 0 bridgehead atoms. The highest BCUT2D eigenvalue weighted by atomic mass is 35.5. The molecule has 1 saturated heterocycles. The molecule has 16 heavy (non-hydrogen) atoms. The first-order chi connectivity index (χ1) is 7.74. The van der Waals surface area contributed by atoms with Crippen LogP contribution in [0.5, 0.6) is 0 Å². The Morgan fingerprint density at radius 2 is 2.38 bits per heavy atom. The lowest BCUT2D eigenvalue weighted by Gasteiger charge is -2.21. The molecule has 0 spiro atoms. The van der Waals surface area contributed by atoms with E-state index in [0.717, 1.165) is 37.1 Å². The Bertz CT molecular complexity index is 340. The van der Waals surface area contributed by atoms with E-state index in [1.807, 2.05) is 12.1 Å². The maximum absolute atomic E-state index is 5.99. The zero-order chi connectivity index (χ0) is 11.4. The summed E-state index contributed by atoms with van der Waals surface area (Å²) in [5, 5.41) is 4.29. The molecule has 0 aromatic heterocycles. The number of nitrogens with zero attached hydrogens (tertiary/aromatic N) is 1. The van der Waals surface area contributed by atoms with Crippen LogP contribution in [0.3, 0.4) is 0 Å². The van der Waals surface area contributed by atoms with E-state index in [4.69, 9.17) is 11.6 Å². The monoisotopic (exact) mass is 238 g/mol. The van der Waals surface area contributed by atoms with Gasteiger partial charge in [-0.2, -0.15) is 0 Å². The molecule has 1 N–H and O–H groups in total. The summed E-state index contributed by atoms with van der Waals surface area (Å²) in [7, 11) is 0. The summed E-state index contributed by atoms with van der Waals surface area (Å²) >= 11 is 5.99. The van der Waals surface area contributed by atoms with E-state index in [0.29, 0.717) is 0 Å². The van der Waals surface area contributed by atoms with Crippen molar-refractivity contribution >= 4 is 11.6 Å². The van der Waals surface area contributed by atoms with Gasteiger partial charge in [-0.25, -0.2) is 0 Å². The molecule has 0 amide bonds. The van der Waals surface area contributed by atoms with Crippen molar-refractivity contribution in [1.82, 2.24) is 10.2 Å². The molecule has 1 aliphatic rings. The van der Waals surface area contributed by atoms with E-state index in [-0.39, 0.29) is 0 Å². The van der Waals surface area contributed by atoms with Crippen molar-refractivity contribution in [1.29, 1.82) is 0 Å². The summed E-state index contributed by atoms with van der Waals surface area (Å²) in [5.74, 6) is 0.724. The quantitative estimate of drug-likeness (QED) is 0.851. The van der Waals surface area contributed by atoms with Crippen LogP contribution in [0.1, 0.15) is 12.5 Å². The molecule has 0 radical (unpaired) electrons. The lowest BCUT2D eigenvalue weighted by Crippen LogP contribution is -2.28. The highest BCUT2D eigenvalue weighted by Crippen LogP contribution is 2.14. The predicted molar refractivity (Wildman–Crippen MR) is 68.8 cm³/mol. The number of halogens is 1. The normalized spacial score (nSPS) is 23.0. The number of nitrogens with one attached hydrogen (secondary N) is 1. The van der Waals surface area contributed by atoms with Crippen LogP contribution in [0.15, 0.2) is 24.3 Å². The zero-order valence-electron chi connectivity index (χ0n) is 9.75. The largest absolute Gasteiger partial charge is 0.315 e. The van der Waals surface area contributed by atoms with Crippen molar-refractivity contribution in [2.75, 3.05) is 26.2 Å². The molecule has 3 heteroatoms. The molecule has 1 fully saturated rings. The topological polar surface area (TPSA) is 15.3 Å². The van der Waals surface area contributed by atoms with Gasteiger partial charge in [-0.05, 0) is 30.2 Å². The minimum Gasteiger partial charge on any atom is -0.315 e. The fourth-order valence-corrected chi connectivity index (χ4v) is 2.43. The molecule has 1 atom stereocenters. The van der Waals surface area contributed by atoms with Gasteiger partial charge >= 0.3 is 0 Å². The standard InChI is InChI=1S/C13H19ClN2/c1-11-8-15-5-6-16(9-11)10-12-3-2-4-13(14)7-12/h2-4,7,11,15H,5-6,8-10H2,1H3. The van der Waals surface area contributed by atoms with Crippen molar-refractivity contribution in [2.24, 2.45) is 5.92 Å². The molecule has 2 rings (SSSR count). The van der Waals surface area contributed by atoms with Crippen molar-refractivity contribution in [3.8, 4) is 0 Å². The summed E-state index contributed by atoms with van der Waals surface area (Å²) in [4.78, 5) is 2.50. The lowest BCUT2D eigenvalue weighted by atomic mass is 10.1. The number of rotatable bonds is 2. The fourth-order valence-electron chi connectivity index (χ4n) is 2.22. The molecule has 1 unspecified atom stereocenters. The first kappa shape index (κ1) is 11.9. The molecule has 0 saturated carbocycles. The molecule has 2 nitrogen and oxygen atoms in total. The second-order valence-electron chi connectivity index (χ2n) is 4.67. The molecule has 1 aliphatic heterocycles. The van der Waals surface area contributed by atoms with Gasteiger partial charge in [0.1, 0.15) is 0 Å². The van der Waals surface area contributed by atoms with Gasteiger partial charge in [-0.1, -0.05) is 30.7 Å². The van der Waals surface area contributed by atoms with Crippen molar-refractivity contribution in [2.45, 2.75) is 13.5 Å². The zero-order valence-corrected chi connectivity index (χ0v) is 10.5. The summed E-state index contributed by atoms with van der Waals surface area (Å²) in [5.41, 5.74) is 1.31. The maximum atomic E-state index is 5.99. The van der Waals surface area contributed by atoms with Crippen molar-refractivity contribution in [3.63, 3.8) is 0 Å². The van der Waals surface area contributed by atoms with Crippen LogP contribution < -0.4 is 5.32 Å². The van der Waals surface area contributed by atoms with Gasteiger partial charge in [-0.15, -0.1) is 0 Å². The first-order valence-corrected chi connectivity index (χ1v) is 6.29. The van der Waals surface area contributed by atoms with Gasteiger partial charge in [0.25, 0.3) is 0 Å². The average molecular weight is 239 g/mol. The molecule has 1 aromatic carbocycles. The van der Waals surface area contributed by atoms with Gasteiger partial charge in [0, 0.05) is 31.2 Å². The third-order valence-electron chi connectivity index (χ3n) is 2.96. The van der Waals surface area contributed by atoms with Gasteiger partial charge in [0.15, 0.2) is 0 Å². The highest BCUT2D eigenvalue weighted by molar-refractivity contribution is 6.30. The maximum Gasteiger partial charge on any atom is 0.0409 e. The van der Waals surface area contributed by atoms with Crippen LogP contribution in [0.4, 0.5) is 0 Å². The van der Waals surface area contributed by atoms with Crippen LogP contribution in [0, 0.1) is 5.92 Å². The molecule has 0 aliphatic carbocycles. The van der Waals surface area contributed by atoms with Crippen LogP contribution in [-0.4, -0.2) is 31.1 Å². The molecule has 88 valence electrons.